The largest absolute Gasteiger partial charge is 0.497 e. The molecular formula is C29H31N3O3. The van der Waals surface area contributed by atoms with E-state index >= 15 is 0 Å². The zero-order chi connectivity index (χ0) is 24.4. The average Bonchev–Trinajstić information content (AvgIpc) is 3.42. The molecule has 5 rings (SSSR count). The molecule has 4 aromatic rings. The number of amides is 1. The van der Waals surface area contributed by atoms with Gasteiger partial charge in [-0.2, -0.15) is 0 Å². The number of carbonyl (C=O) groups excluding carboxylic acids is 1. The number of aryl methyl sites for hydroxylation is 2. The van der Waals surface area contributed by atoms with Crippen LogP contribution in [0.3, 0.4) is 0 Å². The highest BCUT2D eigenvalue weighted by Crippen LogP contribution is 2.31. The molecule has 6 heteroatoms. The quantitative estimate of drug-likeness (QED) is 0.353. The van der Waals surface area contributed by atoms with Crippen molar-refractivity contribution in [1.29, 1.82) is 0 Å². The van der Waals surface area contributed by atoms with Crippen molar-refractivity contribution in [3.8, 4) is 11.5 Å². The van der Waals surface area contributed by atoms with Crippen molar-refractivity contribution in [2.75, 3.05) is 20.3 Å². The fourth-order valence-corrected chi connectivity index (χ4v) is 4.75. The topological polar surface area (TPSA) is 56.6 Å². The number of rotatable bonds is 8. The lowest BCUT2D eigenvalue weighted by Crippen LogP contribution is -2.24. The number of hydrogen-bond acceptors (Lipinski definition) is 4. The molecule has 1 amide bonds. The Morgan fingerprint density at radius 1 is 0.971 bits per heavy atom. The Bertz CT molecular complexity index is 1340. The van der Waals surface area contributed by atoms with Gasteiger partial charge in [-0.25, -0.2) is 4.98 Å². The van der Waals surface area contributed by atoms with Crippen LogP contribution in [0.25, 0.3) is 11.0 Å². The summed E-state index contributed by atoms with van der Waals surface area (Å²) in [7, 11) is 1.66. The van der Waals surface area contributed by atoms with Crippen LogP contribution in [0.4, 0.5) is 0 Å². The summed E-state index contributed by atoms with van der Waals surface area (Å²) in [6, 6.07) is 22.2. The number of carbonyl (C=O) groups is 1. The molecule has 0 saturated carbocycles. The molecule has 3 aromatic carbocycles. The van der Waals surface area contributed by atoms with Gasteiger partial charge in [0.1, 0.15) is 23.9 Å². The molecule has 1 aliphatic heterocycles. The van der Waals surface area contributed by atoms with Gasteiger partial charge in [-0.3, -0.25) is 4.79 Å². The van der Waals surface area contributed by atoms with Crippen molar-refractivity contribution in [1.82, 2.24) is 14.5 Å². The Morgan fingerprint density at radius 2 is 1.74 bits per heavy atom. The van der Waals surface area contributed by atoms with Crippen LogP contribution in [0.15, 0.2) is 66.7 Å². The van der Waals surface area contributed by atoms with E-state index in [0.29, 0.717) is 32.7 Å². The van der Waals surface area contributed by atoms with Gasteiger partial charge in [0.2, 0.25) is 5.91 Å². The number of benzene rings is 3. The van der Waals surface area contributed by atoms with Crippen LogP contribution in [0, 0.1) is 13.8 Å². The van der Waals surface area contributed by atoms with E-state index in [2.05, 4.69) is 36.6 Å². The molecule has 35 heavy (non-hydrogen) atoms. The van der Waals surface area contributed by atoms with Crippen LogP contribution < -0.4 is 9.47 Å². The summed E-state index contributed by atoms with van der Waals surface area (Å²) < 4.78 is 13.6. The summed E-state index contributed by atoms with van der Waals surface area (Å²) in [6.07, 6.45) is 0.470. The molecule has 2 heterocycles. The molecule has 0 N–H and O–H groups in total. The SMILES string of the molecule is COc1ccc(CN2CC(c3nc4ccccc4n3CCOc3ccc(C)c(C)c3)CC2=O)cc1. The fraction of sp³-hybridized carbons (Fsp3) is 0.310. The number of likely N-dealkylation sites (tertiary alicyclic amines) is 1. The molecular weight excluding hydrogens is 438 g/mol. The van der Waals surface area contributed by atoms with E-state index in [1.807, 2.05) is 53.4 Å². The predicted molar refractivity (Wildman–Crippen MR) is 137 cm³/mol. The summed E-state index contributed by atoms with van der Waals surface area (Å²) in [5.41, 5.74) is 5.60. The van der Waals surface area contributed by atoms with Crippen LogP contribution in [0.5, 0.6) is 11.5 Å². The van der Waals surface area contributed by atoms with E-state index in [0.717, 1.165) is 33.9 Å². The lowest BCUT2D eigenvalue weighted by atomic mass is 10.1. The molecule has 6 nitrogen and oxygen atoms in total. The molecule has 1 saturated heterocycles. The Kier molecular flexibility index (Phi) is 6.45. The van der Waals surface area contributed by atoms with E-state index in [1.54, 1.807) is 7.11 Å². The van der Waals surface area contributed by atoms with Crippen LogP contribution >= 0.6 is 0 Å². The number of aromatic nitrogens is 2. The minimum absolute atomic E-state index is 0.0507. The molecule has 0 radical (unpaired) electrons. The first kappa shape index (κ1) is 23.0. The van der Waals surface area contributed by atoms with Crippen molar-refractivity contribution >= 4 is 16.9 Å². The second kappa shape index (κ2) is 9.82. The normalized spacial score (nSPS) is 15.7. The number of hydrogen-bond donors (Lipinski definition) is 0. The molecule has 0 bridgehead atoms. The van der Waals surface area contributed by atoms with Crippen molar-refractivity contribution in [2.24, 2.45) is 0 Å². The maximum Gasteiger partial charge on any atom is 0.223 e. The third kappa shape index (κ3) is 4.87. The van der Waals surface area contributed by atoms with Gasteiger partial charge >= 0.3 is 0 Å². The van der Waals surface area contributed by atoms with Gasteiger partial charge in [-0.05, 0) is 66.9 Å². The Labute approximate surface area is 206 Å². The van der Waals surface area contributed by atoms with Gasteiger partial charge < -0.3 is 18.9 Å². The van der Waals surface area contributed by atoms with Gasteiger partial charge in [-0.1, -0.05) is 30.3 Å². The maximum atomic E-state index is 12.9. The fourth-order valence-electron chi connectivity index (χ4n) is 4.75. The number of ether oxygens (including phenoxy) is 2. The number of methoxy groups -OCH3 is 1. The molecule has 1 aliphatic rings. The minimum atomic E-state index is 0.0507. The third-order valence-electron chi connectivity index (χ3n) is 6.86. The van der Waals surface area contributed by atoms with Gasteiger partial charge in [0.25, 0.3) is 0 Å². The van der Waals surface area contributed by atoms with Crippen molar-refractivity contribution in [2.45, 2.75) is 39.3 Å². The van der Waals surface area contributed by atoms with Crippen molar-refractivity contribution in [3.63, 3.8) is 0 Å². The number of para-hydroxylation sites is 2. The molecule has 0 aliphatic carbocycles. The Morgan fingerprint density at radius 3 is 2.51 bits per heavy atom. The monoisotopic (exact) mass is 469 g/mol. The number of fused-ring (bicyclic) bond motifs is 1. The third-order valence-corrected chi connectivity index (χ3v) is 6.86. The van der Waals surface area contributed by atoms with E-state index in [1.165, 1.54) is 11.1 Å². The number of imidazole rings is 1. The van der Waals surface area contributed by atoms with Gasteiger partial charge in [-0.15, -0.1) is 0 Å². The van der Waals surface area contributed by atoms with Crippen LogP contribution in [-0.2, 0) is 17.9 Å². The first-order chi connectivity index (χ1) is 17.0. The van der Waals surface area contributed by atoms with E-state index in [4.69, 9.17) is 14.5 Å². The molecule has 1 fully saturated rings. The zero-order valence-corrected chi connectivity index (χ0v) is 20.5. The molecule has 1 aromatic heterocycles. The molecule has 180 valence electrons. The summed E-state index contributed by atoms with van der Waals surface area (Å²) in [5, 5.41) is 0. The van der Waals surface area contributed by atoms with Crippen molar-refractivity contribution < 1.29 is 14.3 Å². The zero-order valence-electron chi connectivity index (χ0n) is 20.5. The molecule has 0 spiro atoms. The minimum Gasteiger partial charge on any atom is -0.497 e. The highest BCUT2D eigenvalue weighted by atomic mass is 16.5. The number of nitrogens with zero attached hydrogens (tertiary/aromatic N) is 3. The van der Waals surface area contributed by atoms with Crippen LogP contribution in [0.1, 0.15) is 34.9 Å². The Balaban J connectivity index is 1.33. The molecule has 1 unspecified atom stereocenters. The first-order valence-corrected chi connectivity index (χ1v) is 12.1. The summed E-state index contributed by atoms with van der Waals surface area (Å²) in [4.78, 5) is 19.8. The summed E-state index contributed by atoms with van der Waals surface area (Å²) >= 11 is 0. The Hall–Kier alpha value is -3.80. The van der Waals surface area contributed by atoms with Crippen LogP contribution in [-0.4, -0.2) is 40.6 Å². The maximum absolute atomic E-state index is 12.9. The first-order valence-electron chi connectivity index (χ1n) is 12.1. The predicted octanol–water partition coefficient (Wildman–Crippen LogP) is 5.26. The summed E-state index contributed by atoms with van der Waals surface area (Å²) in [6.45, 7) is 6.65. The smallest absolute Gasteiger partial charge is 0.223 e. The average molecular weight is 470 g/mol. The molecule has 1 atom stereocenters. The second-order valence-electron chi connectivity index (χ2n) is 9.23. The van der Waals surface area contributed by atoms with E-state index in [-0.39, 0.29) is 11.8 Å². The van der Waals surface area contributed by atoms with Gasteiger partial charge in [0.05, 0.1) is 24.7 Å². The van der Waals surface area contributed by atoms with E-state index in [9.17, 15) is 4.79 Å². The lowest BCUT2D eigenvalue weighted by molar-refractivity contribution is -0.128. The highest BCUT2D eigenvalue weighted by Gasteiger charge is 2.34. The lowest BCUT2D eigenvalue weighted by Gasteiger charge is -2.18. The highest BCUT2D eigenvalue weighted by molar-refractivity contribution is 5.81. The second-order valence-corrected chi connectivity index (χ2v) is 9.23. The van der Waals surface area contributed by atoms with Crippen molar-refractivity contribution in [3.05, 3.63) is 89.2 Å². The van der Waals surface area contributed by atoms with Gasteiger partial charge in [0, 0.05) is 25.4 Å². The van der Waals surface area contributed by atoms with E-state index < -0.39 is 0 Å². The standard InChI is InChI=1S/C29H31N3O3/c1-20-8-11-25(16-21(20)2)35-15-14-32-27-7-5-4-6-26(27)30-29(32)23-17-28(33)31(19-23)18-22-9-12-24(34-3)13-10-22/h4-13,16,23H,14-15,17-19H2,1-3H3. The summed E-state index contributed by atoms with van der Waals surface area (Å²) in [5.74, 6) is 2.86. The van der Waals surface area contributed by atoms with Gasteiger partial charge in [0.15, 0.2) is 0 Å². The van der Waals surface area contributed by atoms with Crippen LogP contribution in [0.2, 0.25) is 0 Å².